The van der Waals surface area contributed by atoms with Crippen LogP contribution in [-0.2, 0) is 10.0 Å². The van der Waals surface area contributed by atoms with Crippen LogP contribution in [0.1, 0.15) is 20.8 Å². The molecule has 0 saturated heterocycles. The molecular weight excluding hydrogens is 264 g/mol. The smallest absolute Gasteiger partial charge is 0.213 e. The molecule has 0 unspecified atom stereocenters. The third kappa shape index (κ3) is 6.49. The van der Waals surface area contributed by atoms with Gasteiger partial charge in [0, 0.05) is 39.1 Å². The van der Waals surface area contributed by atoms with Crippen LogP contribution in [0.5, 0.6) is 0 Å². The maximum absolute atomic E-state index is 11.6. The summed E-state index contributed by atoms with van der Waals surface area (Å²) in [6, 6.07) is 0. The number of likely N-dealkylation sites (N-methyl/N-ethyl adjacent to an activating group) is 2. The highest BCUT2D eigenvalue weighted by Crippen LogP contribution is 2.01. The molecule has 0 aliphatic rings. The minimum atomic E-state index is -3.11. The van der Waals surface area contributed by atoms with Gasteiger partial charge in [0.05, 0.1) is 5.75 Å². The minimum Gasteiger partial charge on any atom is -0.379 e. The van der Waals surface area contributed by atoms with Gasteiger partial charge in [-0.15, -0.1) is 0 Å². The molecule has 6 nitrogen and oxygen atoms in total. The second kappa shape index (κ2) is 8.06. The number of hydrogen-bond acceptors (Lipinski definition) is 4. The van der Waals surface area contributed by atoms with E-state index in [0.29, 0.717) is 13.1 Å². The second-order valence-corrected chi connectivity index (χ2v) is 6.72. The highest BCUT2D eigenvalue weighted by Gasteiger charge is 2.14. The first-order chi connectivity index (χ1) is 8.74. The van der Waals surface area contributed by atoms with Crippen LogP contribution in [0.4, 0.5) is 0 Å². The predicted octanol–water partition coefficient (Wildman–Crippen LogP) is 1.17. The molecule has 0 heterocycles. The van der Waals surface area contributed by atoms with Crippen LogP contribution in [-0.4, -0.2) is 62.6 Å². The van der Waals surface area contributed by atoms with Gasteiger partial charge < -0.3 is 4.90 Å². The van der Waals surface area contributed by atoms with Crippen LogP contribution in [0.3, 0.4) is 0 Å². The molecule has 0 aliphatic heterocycles. The van der Waals surface area contributed by atoms with E-state index in [1.165, 1.54) is 4.31 Å². The van der Waals surface area contributed by atoms with E-state index in [-0.39, 0.29) is 5.75 Å². The summed E-state index contributed by atoms with van der Waals surface area (Å²) in [6.45, 7) is 6.42. The number of sulfonamides is 1. The molecule has 0 bridgehead atoms. The van der Waals surface area contributed by atoms with E-state index < -0.39 is 10.0 Å². The molecule has 0 aliphatic carbocycles. The van der Waals surface area contributed by atoms with Crippen LogP contribution in [0, 0.1) is 5.41 Å². The molecule has 110 valence electrons. The van der Waals surface area contributed by atoms with Crippen molar-refractivity contribution in [2.45, 2.75) is 20.8 Å². The van der Waals surface area contributed by atoms with E-state index in [1.54, 1.807) is 14.0 Å². The normalized spacial score (nSPS) is 13.8. The van der Waals surface area contributed by atoms with E-state index in [0.717, 1.165) is 17.6 Å². The van der Waals surface area contributed by atoms with E-state index in [1.807, 2.05) is 32.0 Å². The van der Waals surface area contributed by atoms with E-state index in [2.05, 4.69) is 4.99 Å². The fourth-order valence-electron chi connectivity index (χ4n) is 1.35. The maximum atomic E-state index is 11.6. The molecule has 0 spiro atoms. The Labute approximate surface area is 116 Å². The summed E-state index contributed by atoms with van der Waals surface area (Å²) in [5.74, 6) is 0.118. The Morgan fingerprint density at radius 2 is 1.84 bits per heavy atom. The zero-order valence-electron chi connectivity index (χ0n) is 12.3. The van der Waals surface area contributed by atoms with Gasteiger partial charge >= 0.3 is 0 Å². The number of aliphatic imine (C=N–C) groups is 1. The first-order valence-electron chi connectivity index (χ1n) is 6.11. The summed E-state index contributed by atoms with van der Waals surface area (Å²) in [5.41, 5.74) is 1.73. The fourth-order valence-corrected chi connectivity index (χ4v) is 2.15. The van der Waals surface area contributed by atoms with Crippen molar-refractivity contribution in [1.82, 2.24) is 9.21 Å². The molecular formula is C12H24N4O2S. The highest BCUT2D eigenvalue weighted by molar-refractivity contribution is 7.89. The molecule has 7 heteroatoms. The van der Waals surface area contributed by atoms with Crippen LogP contribution in [0.25, 0.3) is 0 Å². The monoisotopic (exact) mass is 288 g/mol. The SMILES string of the molecule is CCS(=O)(=O)N(C)CCN(C)/C=C(C)/C(C)=N\C=N. The van der Waals surface area contributed by atoms with Gasteiger partial charge in [-0.2, -0.15) is 0 Å². The van der Waals surface area contributed by atoms with Gasteiger partial charge in [0.25, 0.3) is 0 Å². The zero-order valence-corrected chi connectivity index (χ0v) is 13.2. The fraction of sp³-hybridized carbons (Fsp3) is 0.667. The Morgan fingerprint density at radius 1 is 1.26 bits per heavy atom. The van der Waals surface area contributed by atoms with E-state index in [4.69, 9.17) is 5.41 Å². The largest absolute Gasteiger partial charge is 0.379 e. The van der Waals surface area contributed by atoms with Gasteiger partial charge in [-0.1, -0.05) is 0 Å². The summed E-state index contributed by atoms with van der Waals surface area (Å²) < 4.78 is 24.5. The van der Waals surface area contributed by atoms with Crippen molar-refractivity contribution in [3.05, 3.63) is 11.8 Å². The Balaban J connectivity index is 4.49. The molecule has 1 N–H and O–H groups in total. The number of allylic oxidation sites excluding steroid dienone is 1. The highest BCUT2D eigenvalue weighted by atomic mass is 32.2. The Kier molecular flexibility index (Phi) is 7.55. The Morgan fingerprint density at radius 3 is 2.32 bits per heavy atom. The van der Waals surface area contributed by atoms with Crippen molar-refractivity contribution in [3.63, 3.8) is 0 Å². The average molecular weight is 288 g/mol. The van der Waals surface area contributed by atoms with Crippen molar-refractivity contribution in [3.8, 4) is 0 Å². The first kappa shape index (κ1) is 17.8. The molecule has 0 amide bonds. The molecule has 0 atom stereocenters. The lowest BCUT2D eigenvalue weighted by molar-refractivity contribution is 0.385. The Bertz CT molecular complexity index is 454. The summed E-state index contributed by atoms with van der Waals surface area (Å²) in [4.78, 5) is 5.80. The molecule has 0 radical (unpaired) electrons. The number of hydrogen-bond donors (Lipinski definition) is 1. The average Bonchev–Trinajstić information content (AvgIpc) is 2.35. The maximum Gasteiger partial charge on any atom is 0.213 e. The summed E-state index contributed by atoms with van der Waals surface area (Å²) in [7, 11) is 0.356. The van der Waals surface area contributed by atoms with Crippen LogP contribution in [0.15, 0.2) is 16.8 Å². The van der Waals surface area contributed by atoms with Gasteiger partial charge in [-0.05, 0) is 26.3 Å². The standard InChI is InChI=1S/C12H24N4O2S/c1-6-19(17,18)16(5)8-7-15(4)9-11(2)12(3)14-10-13/h9-10,13H,6-8H2,1-5H3/b11-9+,13-10?,14-12-. The van der Waals surface area contributed by atoms with Gasteiger partial charge in [0.1, 0.15) is 6.34 Å². The van der Waals surface area contributed by atoms with Gasteiger partial charge in [0.2, 0.25) is 10.0 Å². The lowest BCUT2D eigenvalue weighted by atomic mass is 10.2. The minimum absolute atomic E-state index is 0.118. The third-order valence-electron chi connectivity index (χ3n) is 2.85. The number of rotatable bonds is 8. The number of nitrogens with zero attached hydrogens (tertiary/aromatic N) is 3. The van der Waals surface area contributed by atoms with Crippen molar-refractivity contribution >= 4 is 22.1 Å². The summed E-state index contributed by atoms with van der Waals surface area (Å²) in [5, 5.41) is 6.91. The zero-order chi connectivity index (χ0) is 15.1. The quantitative estimate of drug-likeness (QED) is 0.538. The molecule has 19 heavy (non-hydrogen) atoms. The van der Waals surface area contributed by atoms with Gasteiger partial charge in [0.15, 0.2) is 0 Å². The topological polar surface area (TPSA) is 76.8 Å². The molecule has 0 aromatic rings. The van der Waals surface area contributed by atoms with Gasteiger partial charge in [-0.3, -0.25) is 5.41 Å². The molecule has 0 saturated carbocycles. The molecule has 0 fully saturated rings. The molecule has 0 rings (SSSR count). The van der Waals surface area contributed by atoms with E-state index in [9.17, 15) is 8.42 Å². The van der Waals surface area contributed by atoms with Crippen molar-refractivity contribution in [2.24, 2.45) is 4.99 Å². The predicted molar refractivity (Wildman–Crippen MR) is 80.4 cm³/mol. The lowest BCUT2D eigenvalue weighted by Crippen LogP contribution is -2.34. The lowest BCUT2D eigenvalue weighted by Gasteiger charge is -2.21. The van der Waals surface area contributed by atoms with Crippen LogP contribution in [0.2, 0.25) is 0 Å². The van der Waals surface area contributed by atoms with Crippen molar-refractivity contribution < 1.29 is 8.42 Å². The first-order valence-corrected chi connectivity index (χ1v) is 7.72. The summed E-state index contributed by atoms with van der Waals surface area (Å²) >= 11 is 0. The molecule has 0 aromatic carbocycles. The van der Waals surface area contributed by atoms with Crippen LogP contribution < -0.4 is 0 Å². The van der Waals surface area contributed by atoms with Gasteiger partial charge in [-0.25, -0.2) is 17.7 Å². The summed E-state index contributed by atoms with van der Waals surface area (Å²) in [6.07, 6.45) is 2.91. The number of nitrogens with one attached hydrogen (secondary N) is 1. The molecule has 0 aromatic heterocycles. The van der Waals surface area contributed by atoms with Crippen molar-refractivity contribution in [2.75, 3.05) is 32.9 Å². The van der Waals surface area contributed by atoms with Crippen molar-refractivity contribution in [1.29, 1.82) is 5.41 Å². The Hall–Kier alpha value is -1.21. The van der Waals surface area contributed by atoms with Crippen LogP contribution >= 0.6 is 0 Å². The van der Waals surface area contributed by atoms with E-state index >= 15 is 0 Å². The third-order valence-corrected chi connectivity index (χ3v) is 4.71. The second-order valence-electron chi connectivity index (χ2n) is 4.36.